The molecule has 20 heavy (non-hydrogen) atoms. The molecule has 1 aromatic rings. The van der Waals surface area contributed by atoms with Crippen molar-refractivity contribution in [3.8, 4) is 0 Å². The second kappa shape index (κ2) is 7.64. The van der Waals surface area contributed by atoms with Gasteiger partial charge in [0.2, 0.25) is 5.91 Å². The van der Waals surface area contributed by atoms with Crippen LogP contribution in [0.4, 0.5) is 4.79 Å². The van der Waals surface area contributed by atoms with Crippen molar-refractivity contribution in [2.24, 2.45) is 0 Å². The minimum atomic E-state index is -3.94. The third-order valence-corrected chi connectivity index (χ3v) is 3.87. The largest absolute Gasteiger partial charge is 0.449 e. The van der Waals surface area contributed by atoms with Gasteiger partial charge in [0.1, 0.15) is 6.61 Å². The normalized spacial score (nSPS) is 10.8. The summed E-state index contributed by atoms with van der Waals surface area (Å²) in [4.78, 5) is 22.1. The molecule has 6 nitrogen and oxygen atoms in total. The van der Waals surface area contributed by atoms with Gasteiger partial charge in [0, 0.05) is 13.5 Å². The van der Waals surface area contributed by atoms with Crippen LogP contribution in [0.15, 0.2) is 30.3 Å². The molecule has 110 valence electrons. The highest BCUT2D eigenvalue weighted by Crippen LogP contribution is 2.05. The molecule has 0 aliphatic rings. The van der Waals surface area contributed by atoms with E-state index >= 15 is 0 Å². The maximum Gasteiger partial charge on any atom is 0.425 e. The minimum absolute atomic E-state index is 0.0788. The molecule has 1 N–H and O–H groups in total. The lowest BCUT2D eigenvalue weighted by atomic mass is 10.2. The molecule has 0 bridgehead atoms. The highest BCUT2D eigenvalue weighted by atomic mass is 32.2. The summed E-state index contributed by atoms with van der Waals surface area (Å²) in [5.74, 6) is -0.588. The van der Waals surface area contributed by atoms with Crippen LogP contribution in [0, 0.1) is 0 Å². The van der Waals surface area contributed by atoms with Crippen molar-refractivity contribution in [3.63, 3.8) is 0 Å². The Morgan fingerprint density at radius 1 is 1.20 bits per heavy atom. The smallest absolute Gasteiger partial charge is 0.425 e. The Balaban J connectivity index is 2.39. The molecule has 0 heterocycles. The highest BCUT2D eigenvalue weighted by Gasteiger charge is 2.23. The first-order valence-corrected chi connectivity index (χ1v) is 7.75. The summed E-state index contributed by atoms with van der Waals surface area (Å²) in [6, 6.07) is 8.81. The Labute approximate surface area is 118 Å². The third-order valence-electron chi connectivity index (χ3n) is 2.42. The van der Waals surface area contributed by atoms with Crippen molar-refractivity contribution >= 4 is 21.0 Å². The molecule has 1 rings (SSSR count). The van der Waals surface area contributed by atoms with Gasteiger partial charge in [0.05, 0.1) is 5.75 Å². The zero-order valence-electron chi connectivity index (χ0n) is 11.2. The fraction of sp³-hybridized carbons (Fsp3) is 0.385. The van der Waals surface area contributed by atoms with E-state index in [1.54, 1.807) is 24.3 Å². The van der Waals surface area contributed by atoms with Gasteiger partial charge in [0.15, 0.2) is 0 Å². The van der Waals surface area contributed by atoms with Crippen LogP contribution < -0.4 is 5.32 Å². The van der Waals surface area contributed by atoms with Crippen LogP contribution in [-0.2, 0) is 26.0 Å². The first-order valence-electron chi connectivity index (χ1n) is 6.09. The summed E-state index contributed by atoms with van der Waals surface area (Å²) in [7, 11) is -3.94. The fourth-order valence-electron chi connectivity index (χ4n) is 1.42. The van der Waals surface area contributed by atoms with Gasteiger partial charge in [-0.05, 0) is 12.0 Å². The Morgan fingerprint density at radius 3 is 2.45 bits per heavy atom. The van der Waals surface area contributed by atoms with Crippen LogP contribution in [0.3, 0.4) is 0 Å². The Bertz CT molecular complexity index is 553. The molecule has 0 aliphatic heterocycles. The average Bonchev–Trinajstić information content (AvgIpc) is 2.42. The van der Waals surface area contributed by atoms with Gasteiger partial charge in [0.25, 0.3) is 9.84 Å². The summed E-state index contributed by atoms with van der Waals surface area (Å²) in [6.45, 7) is 1.47. The number of carbonyl (C=O) groups is 2. The maximum atomic E-state index is 11.6. The van der Waals surface area contributed by atoms with Gasteiger partial charge < -0.3 is 10.1 Å². The number of carbonyl (C=O) groups excluding carboxylic acids is 2. The molecule has 0 atom stereocenters. The van der Waals surface area contributed by atoms with Crippen LogP contribution in [0.2, 0.25) is 0 Å². The minimum Gasteiger partial charge on any atom is -0.449 e. The molecule has 7 heteroatoms. The van der Waals surface area contributed by atoms with Gasteiger partial charge in [-0.1, -0.05) is 30.3 Å². The Kier molecular flexibility index (Phi) is 6.17. The van der Waals surface area contributed by atoms with Gasteiger partial charge in [-0.2, -0.15) is 0 Å². The van der Waals surface area contributed by atoms with Crippen molar-refractivity contribution in [1.29, 1.82) is 0 Å². The van der Waals surface area contributed by atoms with E-state index in [2.05, 4.69) is 5.32 Å². The number of ether oxygens (including phenoxy) is 1. The standard InChI is InChI=1S/C13H17NO5S/c1-11(15)14-8-5-9-20(17,18)13(16)19-10-12-6-3-2-4-7-12/h2-4,6-7H,5,8-10H2,1H3,(H,14,15). The first kappa shape index (κ1) is 16.2. The number of amides is 1. The van der Waals surface area contributed by atoms with Gasteiger partial charge in [-0.3, -0.25) is 4.79 Å². The SMILES string of the molecule is CC(=O)NCCCS(=O)(=O)C(=O)OCc1ccccc1. The van der Waals surface area contributed by atoms with Crippen LogP contribution in [0.1, 0.15) is 18.9 Å². The van der Waals surface area contributed by atoms with Crippen LogP contribution >= 0.6 is 0 Å². The lowest BCUT2D eigenvalue weighted by Gasteiger charge is -2.06. The molecule has 0 saturated heterocycles. The molecule has 0 saturated carbocycles. The molecule has 1 amide bonds. The molecule has 0 unspecified atom stereocenters. The summed E-state index contributed by atoms with van der Waals surface area (Å²) in [6.07, 6.45) is 0.169. The van der Waals surface area contributed by atoms with Crippen LogP contribution in [0.25, 0.3) is 0 Å². The number of hydrogen-bond donors (Lipinski definition) is 1. The first-order chi connectivity index (χ1) is 9.42. The second-order valence-corrected chi connectivity index (χ2v) is 6.15. The van der Waals surface area contributed by atoms with Gasteiger partial charge >= 0.3 is 5.30 Å². The van der Waals surface area contributed by atoms with E-state index in [0.717, 1.165) is 0 Å². The predicted octanol–water partition coefficient (Wildman–Crippen LogP) is 1.26. The zero-order valence-corrected chi connectivity index (χ0v) is 12.0. The van der Waals surface area contributed by atoms with E-state index in [0.29, 0.717) is 5.56 Å². The molecular weight excluding hydrogens is 282 g/mol. The molecular formula is C13H17NO5S. The summed E-state index contributed by atoms with van der Waals surface area (Å²) < 4.78 is 28.0. The number of nitrogens with one attached hydrogen (secondary N) is 1. The molecule has 0 aliphatic carbocycles. The topological polar surface area (TPSA) is 89.5 Å². The molecule has 0 fully saturated rings. The van der Waals surface area contributed by atoms with Crippen LogP contribution in [-0.4, -0.2) is 31.9 Å². The van der Waals surface area contributed by atoms with Crippen molar-refractivity contribution < 1.29 is 22.7 Å². The van der Waals surface area contributed by atoms with Gasteiger partial charge in [-0.25, -0.2) is 13.2 Å². The molecule has 0 aromatic heterocycles. The summed E-state index contributed by atoms with van der Waals surface area (Å²) >= 11 is 0. The lowest BCUT2D eigenvalue weighted by molar-refractivity contribution is -0.118. The predicted molar refractivity (Wildman–Crippen MR) is 73.7 cm³/mol. The second-order valence-electron chi connectivity index (χ2n) is 4.18. The number of rotatable bonds is 6. The van der Waals surface area contributed by atoms with Crippen molar-refractivity contribution in [3.05, 3.63) is 35.9 Å². The highest BCUT2D eigenvalue weighted by molar-refractivity contribution is 8.05. The molecule has 1 aromatic carbocycles. The van der Waals surface area contributed by atoms with Crippen LogP contribution in [0.5, 0.6) is 0 Å². The molecule has 0 spiro atoms. The van der Waals surface area contributed by atoms with E-state index in [1.807, 2.05) is 6.07 Å². The average molecular weight is 299 g/mol. The van der Waals surface area contributed by atoms with Crippen molar-refractivity contribution in [2.45, 2.75) is 20.0 Å². The van der Waals surface area contributed by atoms with E-state index in [1.165, 1.54) is 6.92 Å². The van der Waals surface area contributed by atoms with Crippen molar-refractivity contribution in [2.75, 3.05) is 12.3 Å². The number of hydrogen-bond acceptors (Lipinski definition) is 5. The maximum absolute atomic E-state index is 11.6. The molecule has 0 radical (unpaired) electrons. The monoisotopic (exact) mass is 299 g/mol. The third kappa shape index (κ3) is 5.83. The summed E-state index contributed by atoms with van der Waals surface area (Å²) in [5.41, 5.74) is 0.717. The zero-order chi connectivity index (χ0) is 15.0. The van der Waals surface area contributed by atoms with E-state index < -0.39 is 15.1 Å². The van der Waals surface area contributed by atoms with E-state index in [4.69, 9.17) is 4.74 Å². The van der Waals surface area contributed by atoms with E-state index in [-0.39, 0.29) is 31.2 Å². The van der Waals surface area contributed by atoms with E-state index in [9.17, 15) is 18.0 Å². The Hall–Kier alpha value is -1.89. The Morgan fingerprint density at radius 2 is 1.85 bits per heavy atom. The quantitative estimate of drug-likeness (QED) is 0.631. The van der Waals surface area contributed by atoms with Gasteiger partial charge in [-0.15, -0.1) is 0 Å². The van der Waals surface area contributed by atoms with Crippen molar-refractivity contribution in [1.82, 2.24) is 5.32 Å². The lowest BCUT2D eigenvalue weighted by Crippen LogP contribution is -2.25. The number of sulfone groups is 1. The fourth-order valence-corrected chi connectivity index (χ4v) is 2.35. The number of benzene rings is 1. The summed E-state index contributed by atoms with van der Waals surface area (Å²) in [5, 5.41) is 1.23.